The number of imide groups is 1. The molecule has 1 aromatic carbocycles. The smallest absolute Gasteiger partial charge is 0.319 e. The molecule has 0 aromatic heterocycles. The van der Waals surface area contributed by atoms with E-state index in [1.165, 1.54) is 18.7 Å². The summed E-state index contributed by atoms with van der Waals surface area (Å²) in [7, 11) is 0. The van der Waals surface area contributed by atoms with Gasteiger partial charge in [0, 0.05) is 10.2 Å². The Labute approximate surface area is 141 Å². The van der Waals surface area contributed by atoms with Crippen LogP contribution in [0.1, 0.15) is 19.4 Å². The van der Waals surface area contributed by atoms with Crippen molar-refractivity contribution in [2.45, 2.75) is 31.0 Å². The molecule has 0 aliphatic rings. The average Bonchev–Trinajstić information content (AvgIpc) is 2.45. The molecule has 0 saturated heterocycles. The summed E-state index contributed by atoms with van der Waals surface area (Å²) in [5.41, 5.74) is 5.90. The van der Waals surface area contributed by atoms with Gasteiger partial charge in [-0.2, -0.15) is 0 Å². The number of urea groups is 1. The second-order valence-electron chi connectivity index (χ2n) is 4.51. The van der Waals surface area contributed by atoms with Gasteiger partial charge in [0.1, 0.15) is 0 Å². The van der Waals surface area contributed by atoms with Gasteiger partial charge in [0.15, 0.2) is 6.10 Å². The first kappa shape index (κ1) is 18.5. The number of thioether (sulfide) groups is 1. The first-order valence-electron chi connectivity index (χ1n) is 6.46. The number of hydrogen-bond donors (Lipinski definition) is 2. The minimum Gasteiger partial charge on any atom is -0.452 e. The third kappa shape index (κ3) is 6.48. The minimum atomic E-state index is -1.07. The Morgan fingerprint density at radius 3 is 2.41 bits per heavy atom. The van der Waals surface area contributed by atoms with Crippen molar-refractivity contribution >= 4 is 45.6 Å². The summed E-state index contributed by atoms with van der Waals surface area (Å²) in [4.78, 5) is 33.9. The number of primary amides is 1. The summed E-state index contributed by atoms with van der Waals surface area (Å²) in [6, 6.07) is 6.78. The Balaban J connectivity index is 2.42. The highest BCUT2D eigenvalue weighted by molar-refractivity contribution is 9.10. The summed E-state index contributed by atoms with van der Waals surface area (Å²) < 4.78 is 5.98. The van der Waals surface area contributed by atoms with E-state index in [9.17, 15) is 14.4 Å². The van der Waals surface area contributed by atoms with Crippen molar-refractivity contribution in [2.24, 2.45) is 5.73 Å². The maximum atomic E-state index is 11.9. The Morgan fingerprint density at radius 1 is 1.27 bits per heavy atom. The Kier molecular flexibility index (Phi) is 7.40. The standard InChI is InChI=1S/C14H17BrN2O4S/c1-8(12(18)17-14(16)20)21-13(19)9(2)22-7-10-3-5-11(15)6-4-10/h3-6,8-9H,7H2,1-2H3,(H3,16,17,18,20)/t8-,9+/m1/s1. The van der Waals surface area contributed by atoms with Crippen LogP contribution in [0.3, 0.4) is 0 Å². The average molecular weight is 389 g/mol. The van der Waals surface area contributed by atoms with Gasteiger partial charge < -0.3 is 10.5 Å². The van der Waals surface area contributed by atoms with Crippen LogP contribution in [-0.4, -0.2) is 29.3 Å². The van der Waals surface area contributed by atoms with Gasteiger partial charge in [-0.05, 0) is 31.5 Å². The van der Waals surface area contributed by atoms with Crippen molar-refractivity contribution in [2.75, 3.05) is 0 Å². The molecule has 0 aliphatic carbocycles. The highest BCUT2D eigenvalue weighted by Crippen LogP contribution is 2.20. The molecular weight excluding hydrogens is 372 g/mol. The Hall–Kier alpha value is -1.54. The number of halogens is 1. The second-order valence-corrected chi connectivity index (χ2v) is 6.76. The number of nitrogens with two attached hydrogens (primary N) is 1. The van der Waals surface area contributed by atoms with Crippen molar-refractivity contribution in [3.63, 3.8) is 0 Å². The van der Waals surface area contributed by atoms with E-state index in [2.05, 4.69) is 15.9 Å². The molecule has 0 heterocycles. The van der Waals surface area contributed by atoms with Gasteiger partial charge >= 0.3 is 12.0 Å². The van der Waals surface area contributed by atoms with E-state index in [0.29, 0.717) is 5.75 Å². The number of nitrogens with one attached hydrogen (secondary N) is 1. The van der Waals surface area contributed by atoms with Gasteiger partial charge in [-0.15, -0.1) is 11.8 Å². The number of ether oxygens (including phenoxy) is 1. The normalized spacial score (nSPS) is 13.0. The van der Waals surface area contributed by atoms with Crippen LogP contribution in [0.2, 0.25) is 0 Å². The van der Waals surface area contributed by atoms with E-state index in [1.54, 1.807) is 6.92 Å². The molecule has 0 saturated carbocycles. The van der Waals surface area contributed by atoms with Crippen LogP contribution in [0.5, 0.6) is 0 Å². The van der Waals surface area contributed by atoms with Gasteiger partial charge in [-0.3, -0.25) is 14.9 Å². The zero-order valence-corrected chi connectivity index (χ0v) is 14.6. The van der Waals surface area contributed by atoms with E-state index in [0.717, 1.165) is 10.0 Å². The third-order valence-corrected chi connectivity index (χ3v) is 4.37. The summed E-state index contributed by atoms with van der Waals surface area (Å²) in [6.45, 7) is 3.08. The quantitative estimate of drug-likeness (QED) is 0.727. The van der Waals surface area contributed by atoms with Gasteiger partial charge in [0.05, 0.1) is 5.25 Å². The molecule has 1 rings (SSSR count). The van der Waals surface area contributed by atoms with Gasteiger partial charge in [0.25, 0.3) is 5.91 Å². The van der Waals surface area contributed by atoms with Gasteiger partial charge in [0.2, 0.25) is 0 Å². The summed E-state index contributed by atoms with van der Waals surface area (Å²) in [6.07, 6.45) is -1.07. The van der Waals surface area contributed by atoms with Crippen molar-refractivity contribution in [3.8, 4) is 0 Å². The van der Waals surface area contributed by atoms with Crippen LogP contribution < -0.4 is 11.1 Å². The SMILES string of the molecule is C[C@H](SCc1ccc(Br)cc1)C(=O)O[C@H](C)C(=O)NC(N)=O. The number of esters is 1. The largest absolute Gasteiger partial charge is 0.452 e. The molecule has 0 fully saturated rings. The molecule has 0 radical (unpaired) electrons. The zero-order valence-electron chi connectivity index (χ0n) is 12.2. The van der Waals surface area contributed by atoms with E-state index < -0.39 is 29.3 Å². The number of carbonyl (C=O) groups is 3. The molecule has 0 spiro atoms. The van der Waals surface area contributed by atoms with Crippen molar-refractivity contribution < 1.29 is 19.1 Å². The topological polar surface area (TPSA) is 98.5 Å². The monoisotopic (exact) mass is 388 g/mol. The first-order chi connectivity index (χ1) is 10.3. The van der Waals surface area contributed by atoms with Crippen LogP contribution in [0.25, 0.3) is 0 Å². The van der Waals surface area contributed by atoms with Crippen molar-refractivity contribution in [3.05, 3.63) is 34.3 Å². The van der Waals surface area contributed by atoms with E-state index in [4.69, 9.17) is 10.5 Å². The number of benzene rings is 1. The van der Waals surface area contributed by atoms with Crippen LogP contribution in [-0.2, 0) is 20.1 Å². The summed E-state index contributed by atoms with van der Waals surface area (Å²) >= 11 is 4.75. The van der Waals surface area contributed by atoms with Crippen molar-refractivity contribution in [1.82, 2.24) is 5.32 Å². The lowest BCUT2D eigenvalue weighted by Gasteiger charge is -2.15. The van der Waals surface area contributed by atoms with E-state index in [-0.39, 0.29) is 0 Å². The second kappa shape index (κ2) is 8.79. The number of carbonyl (C=O) groups excluding carboxylic acids is 3. The molecule has 0 bridgehead atoms. The molecule has 1 aromatic rings. The highest BCUT2D eigenvalue weighted by atomic mass is 79.9. The fraction of sp³-hybridized carbons (Fsp3) is 0.357. The van der Waals surface area contributed by atoms with Gasteiger partial charge in [-0.1, -0.05) is 28.1 Å². The third-order valence-electron chi connectivity index (χ3n) is 2.65. The molecule has 22 heavy (non-hydrogen) atoms. The van der Waals surface area contributed by atoms with Crippen LogP contribution >= 0.6 is 27.7 Å². The minimum absolute atomic E-state index is 0.438. The van der Waals surface area contributed by atoms with Crippen LogP contribution in [0.4, 0.5) is 4.79 Å². The Morgan fingerprint density at radius 2 is 1.86 bits per heavy atom. The lowest BCUT2D eigenvalue weighted by molar-refractivity contribution is -0.153. The fourth-order valence-corrected chi connectivity index (χ4v) is 2.51. The predicted molar refractivity (Wildman–Crippen MR) is 88.2 cm³/mol. The lowest BCUT2D eigenvalue weighted by Crippen LogP contribution is -2.42. The highest BCUT2D eigenvalue weighted by Gasteiger charge is 2.22. The zero-order chi connectivity index (χ0) is 16.7. The number of hydrogen-bond acceptors (Lipinski definition) is 5. The molecule has 8 heteroatoms. The first-order valence-corrected chi connectivity index (χ1v) is 8.30. The van der Waals surface area contributed by atoms with Crippen LogP contribution in [0.15, 0.2) is 28.7 Å². The molecule has 6 nitrogen and oxygen atoms in total. The Bertz CT molecular complexity index is 550. The van der Waals surface area contributed by atoms with Gasteiger partial charge in [-0.25, -0.2) is 4.79 Å². The molecule has 3 N–H and O–H groups in total. The van der Waals surface area contributed by atoms with Crippen molar-refractivity contribution in [1.29, 1.82) is 0 Å². The molecule has 0 unspecified atom stereocenters. The van der Waals surface area contributed by atoms with Crippen LogP contribution in [0, 0.1) is 0 Å². The molecule has 0 aliphatic heterocycles. The molecule has 3 amide bonds. The number of rotatable bonds is 6. The van der Waals surface area contributed by atoms with E-state index in [1.807, 2.05) is 29.6 Å². The lowest BCUT2D eigenvalue weighted by atomic mass is 10.2. The summed E-state index contributed by atoms with van der Waals surface area (Å²) in [5, 5.41) is 1.42. The number of amides is 3. The maximum absolute atomic E-state index is 11.9. The molecular formula is C14H17BrN2O4S. The molecule has 120 valence electrons. The van der Waals surface area contributed by atoms with E-state index >= 15 is 0 Å². The maximum Gasteiger partial charge on any atom is 0.319 e. The fourth-order valence-electron chi connectivity index (χ4n) is 1.42. The molecule has 2 atom stereocenters. The summed E-state index contributed by atoms with van der Waals surface area (Å²) in [5.74, 6) is -0.619. The predicted octanol–water partition coefficient (Wildman–Crippen LogP) is 2.20.